The van der Waals surface area contributed by atoms with Crippen molar-refractivity contribution in [2.75, 3.05) is 5.43 Å². The van der Waals surface area contributed by atoms with Crippen molar-refractivity contribution in [3.63, 3.8) is 0 Å². The summed E-state index contributed by atoms with van der Waals surface area (Å²) < 4.78 is 1.67. The summed E-state index contributed by atoms with van der Waals surface area (Å²) in [5, 5.41) is 0. The number of aryl methyl sites for hydroxylation is 1. The zero-order valence-corrected chi connectivity index (χ0v) is 15.5. The van der Waals surface area contributed by atoms with Crippen LogP contribution in [-0.2, 0) is 0 Å². The molecule has 1 aromatic heterocycles. The number of Topliss-reactive ketones (excluding diaryl/α,β-unsaturated/α-hetero) is 2. The van der Waals surface area contributed by atoms with E-state index in [0.29, 0.717) is 16.7 Å². The molecule has 5 heteroatoms. The maximum atomic E-state index is 12.6. The van der Waals surface area contributed by atoms with Crippen LogP contribution in [0.4, 0.5) is 0 Å². The van der Waals surface area contributed by atoms with Crippen molar-refractivity contribution in [3.8, 4) is 0 Å². The van der Waals surface area contributed by atoms with E-state index < -0.39 is 0 Å². The lowest BCUT2D eigenvalue weighted by Crippen LogP contribution is -2.24. The summed E-state index contributed by atoms with van der Waals surface area (Å²) in [6.45, 7) is 3.69. The normalized spacial score (nSPS) is 12.9. The Hall–Kier alpha value is -3.73. The van der Waals surface area contributed by atoms with E-state index in [4.69, 9.17) is 0 Å². The lowest BCUT2D eigenvalue weighted by molar-refractivity contribution is 0.0984. The molecule has 0 radical (unpaired) electrons. The average Bonchev–Trinajstić information content (AvgIpc) is 3.12. The van der Waals surface area contributed by atoms with Gasteiger partial charge in [-0.1, -0.05) is 42.5 Å². The van der Waals surface area contributed by atoms with Gasteiger partial charge in [0.25, 0.3) is 5.91 Å². The quantitative estimate of drug-likeness (QED) is 0.561. The fourth-order valence-corrected chi connectivity index (χ4v) is 3.42. The first-order valence-corrected chi connectivity index (χ1v) is 8.93. The summed E-state index contributed by atoms with van der Waals surface area (Å²) in [5.74, 6) is -0.764. The van der Waals surface area contributed by atoms with Crippen LogP contribution < -0.4 is 5.43 Å². The van der Waals surface area contributed by atoms with Crippen molar-refractivity contribution in [3.05, 3.63) is 99.9 Å². The summed E-state index contributed by atoms with van der Waals surface area (Å²) in [5.41, 5.74) is 6.68. The lowest BCUT2D eigenvalue weighted by Gasteiger charge is -2.11. The number of ketones is 2. The number of nitrogens with zero attached hydrogens (tertiary/aromatic N) is 1. The Balaban J connectivity index is 1.67. The Kier molecular flexibility index (Phi) is 4.28. The van der Waals surface area contributed by atoms with E-state index in [0.717, 1.165) is 17.0 Å². The van der Waals surface area contributed by atoms with E-state index in [2.05, 4.69) is 5.43 Å². The fraction of sp³-hybridized carbons (Fsp3) is 0.0870. The Morgan fingerprint density at radius 1 is 0.893 bits per heavy atom. The van der Waals surface area contributed by atoms with Crippen LogP contribution in [0.25, 0.3) is 6.08 Å². The minimum atomic E-state index is -0.265. The van der Waals surface area contributed by atoms with E-state index >= 15 is 0 Å². The summed E-state index contributed by atoms with van der Waals surface area (Å²) >= 11 is 0. The van der Waals surface area contributed by atoms with Crippen molar-refractivity contribution in [1.29, 1.82) is 0 Å². The molecule has 0 spiro atoms. The predicted octanol–water partition coefficient (Wildman–Crippen LogP) is 3.95. The molecule has 1 aliphatic carbocycles. The first kappa shape index (κ1) is 17.7. The molecule has 138 valence electrons. The molecule has 1 aliphatic rings. The minimum absolute atomic E-state index is 0.149. The summed E-state index contributed by atoms with van der Waals surface area (Å²) in [6.07, 6.45) is 1.61. The standard InChI is InChI=1S/C23H18N2O3/c1-14-12-17(13-20-21(26)18-10-6-7-11-19(18)22(20)27)15(2)25(14)24-23(28)16-8-4-3-5-9-16/h3-13H,1-2H3,(H,24,28). The molecule has 0 fully saturated rings. The van der Waals surface area contributed by atoms with Crippen LogP contribution in [-0.4, -0.2) is 22.1 Å². The van der Waals surface area contributed by atoms with Crippen molar-refractivity contribution in [2.24, 2.45) is 0 Å². The first-order valence-electron chi connectivity index (χ1n) is 8.93. The minimum Gasteiger partial charge on any atom is -0.288 e. The number of benzene rings is 2. The van der Waals surface area contributed by atoms with Crippen LogP contribution >= 0.6 is 0 Å². The zero-order chi connectivity index (χ0) is 19.8. The van der Waals surface area contributed by atoms with Gasteiger partial charge < -0.3 is 0 Å². The van der Waals surface area contributed by atoms with E-state index in [-0.39, 0.29) is 23.0 Å². The van der Waals surface area contributed by atoms with Crippen LogP contribution in [0.3, 0.4) is 0 Å². The number of carbonyl (C=O) groups excluding carboxylic acids is 3. The highest BCUT2D eigenvalue weighted by atomic mass is 16.2. The molecule has 0 bridgehead atoms. The number of hydrogen-bond donors (Lipinski definition) is 1. The smallest absolute Gasteiger partial charge is 0.270 e. The van der Waals surface area contributed by atoms with Gasteiger partial charge in [0.05, 0.1) is 5.57 Å². The molecule has 2 aromatic carbocycles. The average molecular weight is 370 g/mol. The van der Waals surface area contributed by atoms with Gasteiger partial charge in [0.2, 0.25) is 0 Å². The second-order valence-electron chi connectivity index (χ2n) is 6.73. The third-order valence-corrected chi connectivity index (χ3v) is 4.93. The molecule has 0 unspecified atom stereocenters. The zero-order valence-electron chi connectivity index (χ0n) is 15.5. The van der Waals surface area contributed by atoms with Gasteiger partial charge in [-0.25, -0.2) is 0 Å². The number of rotatable bonds is 3. The number of fused-ring (bicyclic) bond motifs is 1. The van der Waals surface area contributed by atoms with Crippen molar-refractivity contribution >= 4 is 23.5 Å². The Labute approximate surface area is 162 Å². The summed E-state index contributed by atoms with van der Waals surface area (Å²) in [6, 6.07) is 17.6. The Morgan fingerprint density at radius 2 is 1.46 bits per heavy atom. The molecular weight excluding hydrogens is 352 g/mol. The van der Waals surface area contributed by atoms with E-state index in [1.165, 1.54) is 0 Å². The molecule has 1 heterocycles. The van der Waals surface area contributed by atoms with Crippen LogP contribution in [0, 0.1) is 13.8 Å². The molecule has 3 aromatic rings. The van der Waals surface area contributed by atoms with E-state index in [1.54, 1.807) is 59.3 Å². The van der Waals surface area contributed by atoms with Crippen LogP contribution in [0.2, 0.25) is 0 Å². The summed E-state index contributed by atoms with van der Waals surface area (Å²) in [4.78, 5) is 37.7. The highest BCUT2D eigenvalue weighted by Gasteiger charge is 2.32. The number of carbonyl (C=O) groups is 3. The number of nitrogens with one attached hydrogen (secondary N) is 1. The summed E-state index contributed by atoms with van der Waals surface area (Å²) in [7, 11) is 0. The number of allylic oxidation sites excluding steroid dienone is 1. The van der Waals surface area contributed by atoms with E-state index in [1.807, 2.05) is 26.0 Å². The molecule has 0 aliphatic heterocycles. The van der Waals surface area contributed by atoms with Gasteiger partial charge in [0, 0.05) is 28.1 Å². The van der Waals surface area contributed by atoms with Gasteiger partial charge in [-0.2, -0.15) is 0 Å². The Bertz CT molecular complexity index is 1120. The van der Waals surface area contributed by atoms with Crippen molar-refractivity contribution < 1.29 is 14.4 Å². The second-order valence-corrected chi connectivity index (χ2v) is 6.73. The van der Waals surface area contributed by atoms with Gasteiger partial charge in [-0.15, -0.1) is 0 Å². The molecule has 0 saturated heterocycles. The third-order valence-electron chi connectivity index (χ3n) is 4.93. The predicted molar refractivity (Wildman–Crippen MR) is 107 cm³/mol. The van der Waals surface area contributed by atoms with Crippen molar-refractivity contribution in [1.82, 2.24) is 4.68 Å². The van der Waals surface area contributed by atoms with Crippen LogP contribution in [0.5, 0.6) is 0 Å². The third kappa shape index (κ3) is 2.87. The highest BCUT2D eigenvalue weighted by Crippen LogP contribution is 2.28. The molecule has 1 N–H and O–H groups in total. The maximum absolute atomic E-state index is 12.6. The highest BCUT2D eigenvalue weighted by molar-refractivity contribution is 6.41. The fourth-order valence-electron chi connectivity index (χ4n) is 3.42. The molecule has 0 saturated carbocycles. The molecule has 0 atom stereocenters. The largest absolute Gasteiger partial charge is 0.288 e. The van der Waals surface area contributed by atoms with Crippen molar-refractivity contribution in [2.45, 2.75) is 13.8 Å². The van der Waals surface area contributed by atoms with Gasteiger partial charge >= 0.3 is 0 Å². The number of amides is 1. The molecule has 5 nitrogen and oxygen atoms in total. The van der Waals surface area contributed by atoms with Crippen LogP contribution in [0.1, 0.15) is 48.0 Å². The number of hydrogen-bond acceptors (Lipinski definition) is 3. The van der Waals surface area contributed by atoms with Gasteiger partial charge in [0.1, 0.15) is 0 Å². The molecule has 4 rings (SSSR count). The van der Waals surface area contributed by atoms with Gasteiger partial charge in [0.15, 0.2) is 11.6 Å². The first-order chi connectivity index (χ1) is 13.5. The molecule has 1 amide bonds. The van der Waals surface area contributed by atoms with Crippen LogP contribution in [0.15, 0.2) is 66.2 Å². The monoisotopic (exact) mass is 370 g/mol. The number of aromatic nitrogens is 1. The lowest BCUT2D eigenvalue weighted by atomic mass is 10.1. The molecule has 28 heavy (non-hydrogen) atoms. The van der Waals surface area contributed by atoms with E-state index in [9.17, 15) is 14.4 Å². The second kappa shape index (κ2) is 6.78. The molecular formula is C23H18N2O3. The van der Waals surface area contributed by atoms with Gasteiger partial charge in [-0.3, -0.25) is 24.5 Å². The maximum Gasteiger partial charge on any atom is 0.270 e. The topological polar surface area (TPSA) is 68.2 Å². The SMILES string of the molecule is Cc1cc(C=C2C(=O)c3ccccc3C2=O)c(C)n1NC(=O)c1ccccc1. The Morgan fingerprint density at radius 3 is 2.07 bits per heavy atom. The van der Waals surface area contributed by atoms with Gasteiger partial charge in [-0.05, 0) is 43.7 Å².